The summed E-state index contributed by atoms with van der Waals surface area (Å²) in [5.41, 5.74) is 1.02. The average molecular weight is 188 g/mol. The lowest BCUT2D eigenvalue weighted by molar-refractivity contribution is 0.350. The maximum Gasteiger partial charge on any atom is 0.119 e. The van der Waals surface area contributed by atoms with E-state index in [-0.39, 0.29) is 6.61 Å². The van der Waals surface area contributed by atoms with Crippen LogP contribution in [-0.2, 0) is 0 Å². The number of benzene rings is 1. The summed E-state index contributed by atoms with van der Waals surface area (Å²) < 4.78 is 5.07. The summed E-state index contributed by atoms with van der Waals surface area (Å²) in [4.78, 5) is 0. The highest BCUT2D eigenvalue weighted by Crippen LogP contribution is 2.13. The Morgan fingerprint density at radius 2 is 2.36 bits per heavy atom. The molecular formula is C12H12O2. The number of aliphatic hydroxyl groups is 1. The Labute approximate surface area is 83.8 Å². The minimum atomic E-state index is -0.109. The van der Waals surface area contributed by atoms with Crippen molar-refractivity contribution in [2.75, 3.05) is 13.7 Å². The van der Waals surface area contributed by atoms with Gasteiger partial charge in [-0.15, -0.1) is 0 Å². The lowest BCUT2D eigenvalue weighted by Crippen LogP contribution is -1.81. The van der Waals surface area contributed by atoms with Gasteiger partial charge in [0.1, 0.15) is 12.4 Å². The van der Waals surface area contributed by atoms with Gasteiger partial charge in [-0.3, -0.25) is 0 Å². The summed E-state index contributed by atoms with van der Waals surface area (Å²) in [6, 6.07) is 7.67. The van der Waals surface area contributed by atoms with Crippen molar-refractivity contribution in [1.29, 1.82) is 0 Å². The number of ether oxygens (including phenoxy) is 1. The van der Waals surface area contributed by atoms with E-state index < -0.39 is 0 Å². The molecule has 2 nitrogen and oxygen atoms in total. The maximum atomic E-state index is 8.42. The zero-order chi connectivity index (χ0) is 10.2. The van der Waals surface area contributed by atoms with Gasteiger partial charge in [-0.05, 0) is 29.8 Å². The number of hydrogen-bond acceptors (Lipinski definition) is 2. The van der Waals surface area contributed by atoms with Crippen molar-refractivity contribution in [3.63, 3.8) is 0 Å². The fourth-order valence-electron chi connectivity index (χ4n) is 0.988. The lowest BCUT2D eigenvalue weighted by Gasteiger charge is -1.98. The molecule has 0 aliphatic rings. The molecule has 0 radical (unpaired) electrons. The molecule has 0 saturated heterocycles. The molecule has 0 fully saturated rings. The van der Waals surface area contributed by atoms with Crippen LogP contribution in [0.2, 0.25) is 0 Å². The lowest BCUT2D eigenvalue weighted by atomic mass is 10.2. The van der Waals surface area contributed by atoms with Crippen LogP contribution >= 0.6 is 0 Å². The number of rotatable bonds is 2. The second-order valence-corrected chi connectivity index (χ2v) is 2.59. The SMILES string of the molecule is COc1cccc(/C=C/C#CCO)c1. The van der Waals surface area contributed by atoms with Crippen molar-refractivity contribution < 1.29 is 9.84 Å². The van der Waals surface area contributed by atoms with Gasteiger partial charge in [-0.25, -0.2) is 0 Å². The molecule has 1 N–H and O–H groups in total. The van der Waals surface area contributed by atoms with Crippen LogP contribution in [0.1, 0.15) is 5.56 Å². The van der Waals surface area contributed by atoms with Gasteiger partial charge < -0.3 is 9.84 Å². The molecule has 0 unspecified atom stereocenters. The standard InChI is InChI=1S/C12H12O2/c1-14-12-8-5-7-11(10-12)6-3-2-4-9-13/h3,5-8,10,13H,9H2,1H3/b6-3+. The third-order valence-corrected chi connectivity index (χ3v) is 1.63. The van der Waals surface area contributed by atoms with E-state index in [2.05, 4.69) is 11.8 Å². The smallest absolute Gasteiger partial charge is 0.119 e. The number of aliphatic hydroxyl groups excluding tert-OH is 1. The van der Waals surface area contributed by atoms with Gasteiger partial charge in [0.15, 0.2) is 0 Å². The Bertz CT molecular complexity index is 369. The average Bonchev–Trinajstić information content (AvgIpc) is 2.25. The van der Waals surface area contributed by atoms with Crippen molar-refractivity contribution in [2.24, 2.45) is 0 Å². The second-order valence-electron chi connectivity index (χ2n) is 2.59. The Balaban J connectivity index is 2.71. The summed E-state index contributed by atoms with van der Waals surface area (Å²) in [6.07, 6.45) is 3.57. The highest BCUT2D eigenvalue weighted by molar-refractivity contribution is 5.54. The van der Waals surface area contributed by atoms with Crippen LogP contribution in [0.5, 0.6) is 5.75 Å². The highest BCUT2D eigenvalue weighted by atomic mass is 16.5. The number of hydrogen-bond donors (Lipinski definition) is 1. The Kier molecular flexibility index (Phi) is 4.33. The first-order valence-corrected chi connectivity index (χ1v) is 4.26. The number of methoxy groups -OCH3 is 1. The molecule has 0 amide bonds. The van der Waals surface area contributed by atoms with Gasteiger partial charge in [0.25, 0.3) is 0 Å². The van der Waals surface area contributed by atoms with Crippen molar-refractivity contribution in [3.05, 3.63) is 35.9 Å². The summed E-state index contributed by atoms with van der Waals surface area (Å²) in [5.74, 6) is 6.06. The van der Waals surface area contributed by atoms with E-state index in [0.717, 1.165) is 11.3 Å². The van der Waals surface area contributed by atoms with E-state index in [4.69, 9.17) is 9.84 Å². The molecule has 14 heavy (non-hydrogen) atoms. The zero-order valence-electron chi connectivity index (χ0n) is 8.03. The van der Waals surface area contributed by atoms with Crippen molar-refractivity contribution in [1.82, 2.24) is 0 Å². The third-order valence-electron chi connectivity index (χ3n) is 1.63. The Hall–Kier alpha value is -1.72. The van der Waals surface area contributed by atoms with Crippen LogP contribution in [0.3, 0.4) is 0 Å². The molecule has 2 heteroatoms. The predicted molar refractivity (Wildman–Crippen MR) is 56.9 cm³/mol. The van der Waals surface area contributed by atoms with Gasteiger partial charge in [0.2, 0.25) is 0 Å². The van der Waals surface area contributed by atoms with E-state index in [1.165, 1.54) is 0 Å². The molecule has 0 saturated carbocycles. The molecule has 0 atom stereocenters. The van der Waals surface area contributed by atoms with Gasteiger partial charge in [-0.1, -0.05) is 24.0 Å². The van der Waals surface area contributed by atoms with Crippen LogP contribution in [0, 0.1) is 11.8 Å². The Morgan fingerprint density at radius 3 is 3.07 bits per heavy atom. The first kappa shape index (κ1) is 10.4. The summed E-state index contributed by atoms with van der Waals surface area (Å²) >= 11 is 0. The molecule has 1 rings (SSSR count). The molecule has 0 heterocycles. The monoisotopic (exact) mass is 188 g/mol. The second kappa shape index (κ2) is 5.85. The molecule has 0 aliphatic heterocycles. The molecule has 0 spiro atoms. The van der Waals surface area contributed by atoms with Gasteiger partial charge >= 0.3 is 0 Å². The predicted octanol–water partition coefficient (Wildman–Crippen LogP) is 1.70. The summed E-state index contributed by atoms with van der Waals surface area (Å²) in [5, 5.41) is 8.42. The molecule has 0 aliphatic carbocycles. The topological polar surface area (TPSA) is 29.5 Å². The first-order valence-electron chi connectivity index (χ1n) is 4.26. The molecular weight excluding hydrogens is 176 g/mol. The fourth-order valence-corrected chi connectivity index (χ4v) is 0.988. The van der Waals surface area contributed by atoms with Gasteiger partial charge in [0, 0.05) is 0 Å². The zero-order valence-corrected chi connectivity index (χ0v) is 8.03. The largest absolute Gasteiger partial charge is 0.497 e. The van der Waals surface area contributed by atoms with E-state index in [9.17, 15) is 0 Å². The van der Waals surface area contributed by atoms with Crippen LogP contribution in [0.25, 0.3) is 6.08 Å². The molecule has 1 aromatic rings. The minimum Gasteiger partial charge on any atom is -0.497 e. The van der Waals surface area contributed by atoms with E-state index >= 15 is 0 Å². The van der Waals surface area contributed by atoms with Crippen LogP contribution in [0.15, 0.2) is 30.3 Å². The molecule has 0 bridgehead atoms. The molecule has 1 aromatic carbocycles. The maximum absolute atomic E-state index is 8.42. The highest BCUT2D eigenvalue weighted by Gasteiger charge is 1.89. The van der Waals surface area contributed by atoms with Crippen molar-refractivity contribution >= 4 is 6.08 Å². The normalized spacial score (nSPS) is 9.57. The van der Waals surface area contributed by atoms with Gasteiger partial charge in [0.05, 0.1) is 7.11 Å². The van der Waals surface area contributed by atoms with Gasteiger partial charge in [-0.2, -0.15) is 0 Å². The number of allylic oxidation sites excluding steroid dienone is 1. The summed E-state index contributed by atoms with van der Waals surface area (Å²) in [7, 11) is 1.63. The minimum absolute atomic E-state index is 0.109. The molecule has 72 valence electrons. The Morgan fingerprint density at radius 1 is 1.50 bits per heavy atom. The first-order chi connectivity index (χ1) is 6.86. The quantitative estimate of drug-likeness (QED) is 0.716. The summed E-state index contributed by atoms with van der Waals surface area (Å²) in [6.45, 7) is -0.109. The van der Waals surface area contributed by atoms with Crippen LogP contribution < -0.4 is 4.74 Å². The van der Waals surface area contributed by atoms with Crippen molar-refractivity contribution in [3.8, 4) is 17.6 Å². The van der Waals surface area contributed by atoms with E-state index in [1.54, 1.807) is 13.2 Å². The van der Waals surface area contributed by atoms with Crippen molar-refractivity contribution in [2.45, 2.75) is 0 Å². The van der Waals surface area contributed by atoms with Crippen LogP contribution in [-0.4, -0.2) is 18.8 Å². The van der Waals surface area contributed by atoms with E-state index in [1.807, 2.05) is 30.3 Å². The fraction of sp³-hybridized carbons (Fsp3) is 0.167. The van der Waals surface area contributed by atoms with E-state index in [0.29, 0.717) is 0 Å². The van der Waals surface area contributed by atoms with Crippen LogP contribution in [0.4, 0.5) is 0 Å². The third kappa shape index (κ3) is 3.34. The molecule has 0 aromatic heterocycles.